The average molecular weight is 281 g/mol. The highest BCUT2D eigenvalue weighted by atomic mass is 16.5. The van der Waals surface area contributed by atoms with E-state index in [1.807, 2.05) is 32.0 Å². The molecule has 0 fully saturated rings. The van der Waals surface area contributed by atoms with Gasteiger partial charge in [-0.3, -0.25) is 10.1 Å². The van der Waals surface area contributed by atoms with Crippen molar-refractivity contribution in [3.63, 3.8) is 0 Å². The van der Waals surface area contributed by atoms with E-state index >= 15 is 0 Å². The summed E-state index contributed by atoms with van der Waals surface area (Å²) in [5.41, 5.74) is -0.135. The van der Waals surface area contributed by atoms with Crippen molar-refractivity contribution in [3.8, 4) is 5.75 Å². The van der Waals surface area contributed by atoms with Gasteiger partial charge < -0.3 is 14.6 Å². The van der Waals surface area contributed by atoms with Gasteiger partial charge in [0.25, 0.3) is 0 Å². The molecule has 20 heavy (non-hydrogen) atoms. The Morgan fingerprint density at radius 1 is 1.45 bits per heavy atom. The SMILES string of the molecule is COCc1cccc(OCC(C)(NC(C)C)C(=O)O)c1. The van der Waals surface area contributed by atoms with Crippen LogP contribution in [0.5, 0.6) is 5.75 Å². The maximum atomic E-state index is 11.4. The highest BCUT2D eigenvalue weighted by molar-refractivity contribution is 5.78. The molecule has 1 aromatic rings. The summed E-state index contributed by atoms with van der Waals surface area (Å²) in [6, 6.07) is 7.49. The Hall–Kier alpha value is -1.59. The van der Waals surface area contributed by atoms with Gasteiger partial charge in [-0.25, -0.2) is 0 Å². The maximum absolute atomic E-state index is 11.4. The fraction of sp³-hybridized carbons (Fsp3) is 0.533. The molecule has 0 aliphatic carbocycles. The van der Waals surface area contributed by atoms with Gasteiger partial charge in [-0.2, -0.15) is 0 Å². The molecule has 1 rings (SSSR count). The van der Waals surface area contributed by atoms with Gasteiger partial charge in [0.1, 0.15) is 17.9 Å². The van der Waals surface area contributed by atoms with Crippen molar-refractivity contribution in [1.29, 1.82) is 0 Å². The second-order valence-electron chi connectivity index (χ2n) is 5.31. The van der Waals surface area contributed by atoms with E-state index < -0.39 is 11.5 Å². The van der Waals surface area contributed by atoms with Crippen LogP contribution in [-0.2, 0) is 16.1 Å². The van der Waals surface area contributed by atoms with E-state index in [-0.39, 0.29) is 12.6 Å². The van der Waals surface area contributed by atoms with Gasteiger partial charge in [0, 0.05) is 13.2 Å². The Kier molecular flexibility index (Phi) is 5.98. The zero-order valence-corrected chi connectivity index (χ0v) is 12.5. The first-order valence-corrected chi connectivity index (χ1v) is 6.59. The van der Waals surface area contributed by atoms with Gasteiger partial charge in [-0.1, -0.05) is 12.1 Å². The molecule has 0 saturated heterocycles. The Morgan fingerprint density at radius 2 is 2.15 bits per heavy atom. The van der Waals surface area contributed by atoms with Crippen molar-refractivity contribution < 1.29 is 19.4 Å². The molecule has 0 saturated carbocycles. The summed E-state index contributed by atoms with van der Waals surface area (Å²) in [5, 5.41) is 12.4. The van der Waals surface area contributed by atoms with Crippen LogP contribution >= 0.6 is 0 Å². The molecule has 0 spiro atoms. The topological polar surface area (TPSA) is 67.8 Å². The van der Waals surface area contributed by atoms with Crippen LogP contribution in [0.25, 0.3) is 0 Å². The lowest BCUT2D eigenvalue weighted by atomic mass is 10.0. The Labute approximate surface area is 119 Å². The zero-order valence-electron chi connectivity index (χ0n) is 12.5. The second kappa shape index (κ2) is 7.26. The molecule has 0 heterocycles. The number of ether oxygens (including phenoxy) is 2. The van der Waals surface area contributed by atoms with Gasteiger partial charge in [0.15, 0.2) is 0 Å². The predicted octanol–water partition coefficient (Wildman–Crippen LogP) is 2.05. The van der Waals surface area contributed by atoms with E-state index in [1.54, 1.807) is 20.1 Å². The van der Waals surface area contributed by atoms with Crippen LogP contribution in [0, 0.1) is 0 Å². The summed E-state index contributed by atoms with van der Waals surface area (Å²) in [7, 11) is 1.63. The Balaban J connectivity index is 2.72. The van der Waals surface area contributed by atoms with Crippen molar-refractivity contribution >= 4 is 5.97 Å². The third kappa shape index (κ3) is 4.83. The average Bonchev–Trinajstić information content (AvgIpc) is 2.36. The second-order valence-corrected chi connectivity index (χ2v) is 5.31. The first-order chi connectivity index (χ1) is 9.37. The fourth-order valence-electron chi connectivity index (χ4n) is 1.92. The van der Waals surface area contributed by atoms with E-state index in [1.165, 1.54) is 0 Å². The number of methoxy groups -OCH3 is 1. The van der Waals surface area contributed by atoms with Gasteiger partial charge in [0.2, 0.25) is 0 Å². The molecule has 1 aromatic carbocycles. The monoisotopic (exact) mass is 281 g/mol. The molecule has 0 amide bonds. The minimum Gasteiger partial charge on any atom is -0.491 e. The van der Waals surface area contributed by atoms with Crippen molar-refractivity contribution in [3.05, 3.63) is 29.8 Å². The van der Waals surface area contributed by atoms with Crippen molar-refractivity contribution in [2.45, 2.75) is 39.0 Å². The molecular formula is C15H23NO4. The van der Waals surface area contributed by atoms with E-state index in [0.717, 1.165) is 5.56 Å². The number of hydrogen-bond donors (Lipinski definition) is 2. The molecule has 112 valence electrons. The predicted molar refractivity (Wildman–Crippen MR) is 77.0 cm³/mol. The Morgan fingerprint density at radius 3 is 2.70 bits per heavy atom. The van der Waals surface area contributed by atoms with Crippen LogP contribution < -0.4 is 10.1 Å². The van der Waals surface area contributed by atoms with Gasteiger partial charge in [0.05, 0.1) is 6.61 Å². The summed E-state index contributed by atoms with van der Waals surface area (Å²) < 4.78 is 10.7. The molecule has 0 bridgehead atoms. The van der Waals surface area contributed by atoms with Crippen molar-refractivity contribution in [2.24, 2.45) is 0 Å². The van der Waals surface area contributed by atoms with Crippen LogP contribution in [0.2, 0.25) is 0 Å². The highest BCUT2D eigenvalue weighted by Gasteiger charge is 2.34. The molecule has 5 heteroatoms. The van der Waals surface area contributed by atoms with Crippen LogP contribution in [-0.4, -0.2) is 36.4 Å². The molecule has 1 unspecified atom stereocenters. The Bertz CT molecular complexity index is 447. The lowest BCUT2D eigenvalue weighted by Gasteiger charge is -2.28. The number of carbonyl (C=O) groups is 1. The van der Waals surface area contributed by atoms with Crippen molar-refractivity contribution in [2.75, 3.05) is 13.7 Å². The van der Waals surface area contributed by atoms with Crippen LogP contribution in [0.15, 0.2) is 24.3 Å². The van der Waals surface area contributed by atoms with Crippen LogP contribution in [0.3, 0.4) is 0 Å². The smallest absolute Gasteiger partial charge is 0.327 e. The zero-order chi connectivity index (χ0) is 15.2. The van der Waals surface area contributed by atoms with E-state index in [2.05, 4.69) is 5.32 Å². The fourth-order valence-corrected chi connectivity index (χ4v) is 1.92. The number of rotatable bonds is 8. The van der Waals surface area contributed by atoms with Gasteiger partial charge in [-0.15, -0.1) is 0 Å². The lowest BCUT2D eigenvalue weighted by Crippen LogP contribution is -2.56. The molecule has 0 aliphatic heterocycles. The van der Waals surface area contributed by atoms with Crippen molar-refractivity contribution in [1.82, 2.24) is 5.32 Å². The lowest BCUT2D eigenvalue weighted by molar-refractivity contribution is -0.145. The molecule has 0 aliphatic rings. The number of aliphatic carboxylic acids is 1. The number of carboxylic acid groups (broad SMARTS) is 1. The molecule has 2 N–H and O–H groups in total. The first-order valence-electron chi connectivity index (χ1n) is 6.59. The van der Waals surface area contributed by atoms with Crippen LogP contribution in [0.4, 0.5) is 0 Å². The maximum Gasteiger partial charge on any atom is 0.327 e. The summed E-state index contributed by atoms with van der Waals surface area (Å²) in [4.78, 5) is 11.4. The minimum atomic E-state index is -1.12. The van der Waals surface area contributed by atoms with E-state index in [4.69, 9.17) is 9.47 Å². The quantitative estimate of drug-likeness (QED) is 0.763. The van der Waals surface area contributed by atoms with Crippen LogP contribution in [0.1, 0.15) is 26.3 Å². The summed E-state index contributed by atoms with van der Waals surface area (Å²) in [6.45, 7) is 5.98. The molecule has 0 radical (unpaired) electrons. The molecule has 0 aromatic heterocycles. The van der Waals surface area contributed by atoms with Gasteiger partial charge >= 0.3 is 5.97 Å². The molecular weight excluding hydrogens is 258 g/mol. The third-order valence-electron chi connectivity index (χ3n) is 2.82. The molecule has 5 nitrogen and oxygen atoms in total. The first kappa shape index (κ1) is 16.5. The standard InChI is InChI=1S/C15H23NO4/c1-11(2)16-15(3,14(17)18)10-20-13-7-5-6-12(8-13)9-19-4/h5-8,11,16H,9-10H2,1-4H3,(H,17,18). The van der Waals surface area contributed by atoms with Gasteiger partial charge in [-0.05, 0) is 38.5 Å². The molecule has 1 atom stereocenters. The summed E-state index contributed by atoms with van der Waals surface area (Å²) in [5.74, 6) is -0.295. The number of carboxylic acids is 1. The summed E-state index contributed by atoms with van der Waals surface area (Å²) >= 11 is 0. The number of nitrogens with one attached hydrogen (secondary N) is 1. The number of hydrogen-bond acceptors (Lipinski definition) is 4. The largest absolute Gasteiger partial charge is 0.491 e. The third-order valence-corrected chi connectivity index (χ3v) is 2.82. The highest BCUT2D eigenvalue weighted by Crippen LogP contribution is 2.16. The van der Waals surface area contributed by atoms with E-state index in [9.17, 15) is 9.90 Å². The number of benzene rings is 1. The summed E-state index contributed by atoms with van der Waals surface area (Å²) in [6.07, 6.45) is 0. The minimum absolute atomic E-state index is 0.0525. The van der Waals surface area contributed by atoms with E-state index in [0.29, 0.717) is 12.4 Å². The normalized spacial score (nSPS) is 14.1.